The molecule has 5 nitrogen and oxygen atoms in total. The molecule has 2 heterocycles. The molecular formula is C11H19NO4. The van der Waals surface area contributed by atoms with Gasteiger partial charge in [0.25, 0.3) is 0 Å². The van der Waals surface area contributed by atoms with Crippen LogP contribution < -0.4 is 5.73 Å². The number of hydrogen-bond donors (Lipinski definition) is 1. The molecule has 0 aromatic rings. The SMILES string of the molecule is CCOC(=O)C(N)C1(C2CO2)CCOCC1. The van der Waals surface area contributed by atoms with E-state index in [0.29, 0.717) is 26.4 Å². The average Bonchev–Trinajstić information content (AvgIpc) is 3.13. The maximum absolute atomic E-state index is 11.7. The summed E-state index contributed by atoms with van der Waals surface area (Å²) in [5.74, 6) is -0.320. The third-order valence-electron chi connectivity index (χ3n) is 3.56. The highest BCUT2D eigenvalue weighted by molar-refractivity contribution is 5.76. The minimum atomic E-state index is -0.594. The molecule has 0 aromatic heterocycles. The van der Waals surface area contributed by atoms with Gasteiger partial charge < -0.3 is 19.9 Å². The number of esters is 1. The summed E-state index contributed by atoms with van der Waals surface area (Å²) in [5, 5.41) is 0. The molecule has 0 bridgehead atoms. The van der Waals surface area contributed by atoms with Crippen molar-refractivity contribution in [3.63, 3.8) is 0 Å². The molecule has 0 saturated carbocycles. The maximum Gasteiger partial charge on any atom is 0.323 e. The van der Waals surface area contributed by atoms with Gasteiger partial charge >= 0.3 is 5.97 Å². The van der Waals surface area contributed by atoms with E-state index in [0.717, 1.165) is 12.8 Å². The molecule has 16 heavy (non-hydrogen) atoms. The second-order valence-corrected chi connectivity index (χ2v) is 4.40. The number of nitrogens with two attached hydrogens (primary N) is 1. The first-order valence-corrected chi connectivity index (χ1v) is 5.82. The zero-order valence-electron chi connectivity index (χ0n) is 9.61. The summed E-state index contributed by atoms with van der Waals surface area (Å²) in [7, 11) is 0. The first-order chi connectivity index (χ1) is 7.70. The first kappa shape index (κ1) is 11.8. The van der Waals surface area contributed by atoms with Crippen molar-refractivity contribution in [1.29, 1.82) is 0 Å². The van der Waals surface area contributed by atoms with Crippen molar-refractivity contribution in [3.05, 3.63) is 0 Å². The molecule has 0 radical (unpaired) electrons. The van der Waals surface area contributed by atoms with Gasteiger partial charge in [0.15, 0.2) is 0 Å². The van der Waals surface area contributed by atoms with Gasteiger partial charge in [-0.2, -0.15) is 0 Å². The second kappa shape index (κ2) is 4.69. The highest BCUT2D eigenvalue weighted by atomic mass is 16.6. The largest absolute Gasteiger partial charge is 0.465 e. The zero-order valence-corrected chi connectivity index (χ0v) is 9.61. The summed E-state index contributed by atoms with van der Waals surface area (Å²) < 4.78 is 15.7. The Kier molecular flexibility index (Phi) is 3.47. The molecule has 2 saturated heterocycles. The first-order valence-electron chi connectivity index (χ1n) is 5.82. The molecule has 2 N–H and O–H groups in total. The lowest BCUT2D eigenvalue weighted by molar-refractivity contribution is -0.151. The summed E-state index contributed by atoms with van der Waals surface area (Å²) in [6.45, 7) is 4.15. The minimum Gasteiger partial charge on any atom is -0.465 e. The van der Waals surface area contributed by atoms with Crippen molar-refractivity contribution < 1.29 is 19.0 Å². The molecule has 5 heteroatoms. The Morgan fingerprint density at radius 1 is 1.56 bits per heavy atom. The van der Waals surface area contributed by atoms with Crippen LogP contribution >= 0.6 is 0 Å². The fourth-order valence-corrected chi connectivity index (χ4v) is 2.43. The minimum absolute atomic E-state index is 0.107. The molecule has 2 rings (SSSR count). The van der Waals surface area contributed by atoms with Gasteiger partial charge in [-0.1, -0.05) is 0 Å². The number of epoxide rings is 1. The monoisotopic (exact) mass is 229 g/mol. The van der Waals surface area contributed by atoms with Crippen molar-refractivity contribution in [1.82, 2.24) is 0 Å². The highest BCUT2D eigenvalue weighted by Gasteiger charge is 2.54. The Balaban J connectivity index is 2.08. The second-order valence-electron chi connectivity index (χ2n) is 4.40. The summed E-state index contributed by atoms with van der Waals surface area (Å²) in [4.78, 5) is 11.7. The maximum atomic E-state index is 11.7. The van der Waals surface area contributed by atoms with E-state index in [1.54, 1.807) is 6.92 Å². The Morgan fingerprint density at radius 2 is 2.19 bits per heavy atom. The van der Waals surface area contributed by atoms with Crippen LogP contribution in [0.1, 0.15) is 19.8 Å². The van der Waals surface area contributed by atoms with Crippen LogP contribution in [-0.4, -0.2) is 44.5 Å². The van der Waals surface area contributed by atoms with Crippen molar-refractivity contribution in [2.75, 3.05) is 26.4 Å². The summed E-state index contributed by atoms with van der Waals surface area (Å²) in [6.07, 6.45) is 1.66. The van der Waals surface area contributed by atoms with Gasteiger partial charge in [-0.25, -0.2) is 0 Å². The van der Waals surface area contributed by atoms with Crippen LogP contribution in [0.5, 0.6) is 0 Å². The predicted octanol–water partition coefficient (Wildman–Crippen LogP) is 0.0724. The quantitative estimate of drug-likeness (QED) is 0.545. The van der Waals surface area contributed by atoms with E-state index in [-0.39, 0.29) is 17.5 Å². The van der Waals surface area contributed by atoms with Gasteiger partial charge in [-0.05, 0) is 19.8 Å². The molecule has 0 aromatic carbocycles. The van der Waals surface area contributed by atoms with E-state index < -0.39 is 6.04 Å². The normalized spacial score (nSPS) is 29.5. The number of carbonyl (C=O) groups is 1. The number of hydrogen-bond acceptors (Lipinski definition) is 5. The summed E-state index contributed by atoms with van der Waals surface area (Å²) in [6, 6.07) is -0.594. The molecule has 92 valence electrons. The van der Waals surface area contributed by atoms with E-state index in [1.807, 2.05) is 0 Å². The highest BCUT2D eigenvalue weighted by Crippen LogP contribution is 2.44. The lowest BCUT2D eigenvalue weighted by Gasteiger charge is -2.39. The molecule has 2 unspecified atom stereocenters. The van der Waals surface area contributed by atoms with Gasteiger partial charge in [0, 0.05) is 18.6 Å². The van der Waals surface area contributed by atoms with E-state index >= 15 is 0 Å². The molecule has 2 fully saturated rings. The Bertz CT molecular complexity index is 259. The van der Waals surface area contributed by atoms with Crippen LogP contribution in [0, 0.1) is 5.41 Å². The Labute approximate surface area is 95.2 Å². The van der Waals surface area contributed by atoms with E-state index in [2.05, 4.69) is 0 Å². The fraction of sp³-hybridized carbons (Fsp3) is 0.909. The van der Waals surface area contributed by atoms with Crippen molar-refractivity contribution in [2.45, 2.75) is 31.9 Å². The lowest BCUT2D eigenvalue weighted by atomic mass is 9.71. The summed E-state index contributed by atoms with van der Waals surface area (Å²) in [5.41, 5.74) is 5.77. The van der Waals surface area contributed by atoms with Crippen LogP contribution in [0.3, 0.4) is 0 Å². The van der Waals surface area contributed by atoms with Gasteiger partial charge in [0.1, 0.15) is 6.04 Å². The third-order valence-corrected chi connectivity index (χ3v) is 3.56. The topological polar surface area (TPSA) is 74.1 Å². The van der Waals surface area contributed by atoms with Crippen LogP contribution in [0.25, 0.3) is 0 Å². The van der Waals surface area contributed by atoms with Crippen LogP contribution in [0.15, 0.2) is 0 Å². The van der Waals surface area contributed by atoms with Crippen LogP contribution in [0.2, 0.25) is 0 Å². The van der Waals surface area contributed by atoms with Crippen LogP contribution in [0.4, 0.5) is 0 Å². The molecule has 0 amide bonds. The molecule has 0 spiro atoms. The lowest BCUT2D eigenvalue weighted by Crippen LogP contribution is -2.54. The van der Waals surface area contributed by atoms with Crippen molar-refractivity contribution >= 4 is 5.97 Å². The van der Waals surface area contributed by atoms with Gasteiger partial charge in [0.05, 0.1) is 19.3 Å². The predicted molar refractivity (Wildman–Crippen MR) is 56.8 cm³/mol. The van der Waals surface area contributed by atoms with Gasteiger partial charge in [0.2, 0.25) is 0 Å². The van der Waals surface area contributed by atoms with Crippen molar-refractivity contribution in [2.24, 2.45) is 11.1 Å². The van der Waals surface area contributed by atoms with Crippen molar-refractivity contribution in [3.8, 4) is 0 Å². The fourth-order valence-electron chi connectivity index (χ4n) is 2.43. The standard InChI is InChI=1S/C11H19NO4/c1-2-15-10(13)9(12)11(8-7-16-8)3-5-14-6-4-11/h8-9H,2-7,12H2,1H3. The van der Waals surface area contributed by atoms with E-state index in [1.165, 1.54) is 0 Å². The Hall–Kier alpha value is -0.650. The molecule has 2 aliphatic heterocycles. The Morgan fingerprint density at radius 3 is 2.69 bits per heavy atom. The zero-order chi connectivity index (χ0) is 11.6. The average molecular weight is 229 g/mol. The number of ether oxygens (including phenoxy) is 3. The molecule has 2 atom stereocenters. The third kappa shape index (κ3) is 2.07. The summed E-state index contributed by atoms with van der Waals surface area (Å²) >= 11 is 0. The van der Waals surface area contributed by atoms with E-state index in [9.17, 15) is 4.79 Å². The molecule has 2 aliphatic rings. The smallest absolute Gasteiger partial charge is 0.323 e. The molecular weight excluding hydrogens is 210 g/mol. The van der Waals surface area contributed by atoms with Gasteiger partial charge in [-0.15, -0.1) is 0 Å². The van der Waals surface area contributed by atoms with Crippen LogP contribution in [-0.2, 0) is 19.0 Å². The van der Waals surface area contributed by atoms with Gasteiger partial charge in [-0.3, -0.25) is 4.79 Å². The molecule has 0 aliphatic carbocycles. The number of rotatable bonds is 4. The van der Waals surface area contributed by atoms with E-state index in [4.69, 9.17) is 19.9 Å². The number of carbonyl (C=O) groups excluding carboxylic acids is 1.